The molecule has 2 fully saturated rings. The molecule has 1 aromatic rings. The number of nitrogens with zero attached hydrogens (tertiary/aromatic N) is 1. The molecule has 0 bridgehead atoms. The van der Waals surface area contributed by atoms with Crippen LogP contribution in [-0.2, 0) is 0 Å². The van der Waals surface area contributed by atoms with Crippen LogP contribution in [0.1, 0.15) is 36.0 Å². The van der Waals surface area contributed by atoms with Gasteiger partial charge in [0.1, 0.15) is 17.6 Å². The van der Waals surface area contributed by atoms with Gasteiger partial charge in [0.25, 0.3) is 5.91 Å². The molecule has 1 saturated carbocycles. The second-order valence-electron chi connectivity index (χ2n) is 6.23. The molecule has 22 heavy (non-hydrogen) atoms. The van der Waals surface area contributed by atoms with Gasteiger partial charge in [-0.2, -0.15) is 0 Å². The quantitative estimate of drug-likeness (QED) is 0.904. The van der Waals surface area contributed by atoms with Gasteiger partial charge in [-0.15, -0.1) is 0 Å². The number of ether oxygens (including phenoxy) is 2. The molecule has 5 heteroatoms. The number of piperidine rings is 1. The first-order valence-electron chi connectivity index (χ1n) is 8.00. The van der Waals surface area contributed by atoms with E-state index in [-0.39, 0.29) is 12.0 Å². The van der Waals surface area contributed by atoms with E-state index in [1.807, 2.05) is 12.1 Å². The highest BCUT2D eigenvalue weighted by atomic mass is 16.5. The number of hydrogen-bond donors (Lipinski definition) is 1. The Hall–Kier alpha value is -1.75. The van der Waals surface area contributed by atoms with Gasteiger partial charge in [0.15, 0.2) is 0 Å². The van der Waals surface area contributed by atoms with Crippen molar-refractivity contribution in [3.63, 3.8) is 0 Å². The zero-order valence-corrected chi connectivity index (χ0v) is 13.3. The maximum absolute atomic E-state index is 12.4. The van der Waals surface area contributed by atoms with Crippen molar-refractivity contribution in [2.45, 2.75) is 37.8 Å². The van der Waals surface area contributed by atoms with Gasteiger partial charge in [0.2, 0.25) is 0 Å². The third-order valence-electron chi connectivity index (χ3n) is 4.31. The van der Waals surface area contributed by atoms with Crippen molar-refractivity contribution < 1.29 is 14.3 Å². The summed E-state index contributed by atoms with van der Waals surface area (Å²) in [6.07, 6.45) is 4.28. The van der Waals surface area contributed by atoms with E-state index in [1.54, 1.807) is 13.2 Å². The van der Waals surface area contributed by atoms with E-state index >= 15 is 0 Å². The monoisotopic (exact) mass is 304 g/mol. The first kappa shape index (κ1) is 15.2. The highest BCUT2D eigenvalue weighted by molar-refractivity contribution is 5.97. The first-order chi connectivity index (χ1) is 10.7. The van der Waals surface area contributed by atoms with Gasteiger partial charge >= 0.3 is 0 Å². The van der Waals surface area contributed by atoms with Crippen LogP contribution in [0.4, 0.5) is 0 Å². The van der Waals surface area contributed by atoms with Crippen LogP contribution in [0, 0.1) is 0 Å². The van der Waals surface area contributed by atoms with E-state index in [1.165, 1.54) is 0 Å². The zero-order valence-electron chi connectivity index (χ0n) is 13.3. The molecule has 5 nitrogen and oxygen atoms in total. The predicted octanol–water partition coefficient (Wildman–Crippen LogP) is 2.06. The summed E-state index contributed by atoms with van der Waals surface area (Å²) < 4.78 is 11.4. The smallest absolute Gasteiger partial charge is 0.255 e. The highest BCUT2D eigenvalue weighted by Crippen LogP contribution is 2.29. The van der Waals surface area contributed by atoms with Gasteiger partial charge in [-0.3, -0.25) is 4.79 Å². The molecule has 1 aliphatic carbocycles. The Balaban J connectivity index is 1.75. The number of methoxy groups -OCH3 is 1. The summed E-state index contributed by atoms with van der Waals surface area (Å²) in [4.78, 5) is 14.7. The molecule has 120 valence electrons. The number of hydrogen-bond acceptors (Lipinski definition) is 4. The third-order valence-corrected chi connectivity index (χ3v) is 4.31. The lowest BCUT2D eigenvalue weighted by Gasteiger charge is -2.29. The molecule has 3 rings (SSSR count). The fourth-order valence-electron chi connectivity index (χ4n) is 2.69. The summed E-state index contributed by atoms with van der Waals surface area (Å²) in [5.41, 5.74) is 0.603. The van der Waals surface area contributed by atoms with Gasteiger partial charge in [-0.1, -0.05) is 0 Å². The van der Waals surface area contributed by atoms with Crippen LogP contribution in [0.3, 0.4) is 0 Å². The molecule has 1 N–H and O–H groups in total. The number of benzene rings is 1. The maximum atomic E-state index is 12.4. The largest absolute Gasteiger partial charge is 0.497 e. The lowest BCUT2D eigenvalue weighted by molar-refractivity contribution is 0.0925. The lowest BCUT2D eigenvalue weighted by atomic mass is 10.1. The Kier molecular flexibility index (Phi) is 4.52. The zero-order chi connectivity index (χ0) is 15.5. The van der Waals surface area contributed by atoms with Crippen molar-refractivity contribution in [3.8, 4) is 11.5 Å². The topological polar surface area (TPSA) is 50.8 Å². The van der Waals surface area contributed by atoms with Crippen LogP contribution in [0.25, 0.3) is 0 Å². The number of carbonyl (C=O) groups excluding carboxylic acids is 1. The van der Waals surface area contributed by atoms with Crippen LogP contribution < -0.4 is 14.8 Å². The molecule has 0 spiro atoms. The summed E-state index contributed by atoms with van der Waals surface area (Å²) in [6, 6.07) is 5.76. The normalized spacial score (nSPS) is 19.7. The summed E-state index contributed by atoms with van der Waals surface area (Å²) in [6.45, 7) is 2.05. The van der Waals surface area contributed by atoms with E-state index < -0.39 is 0 Å². The van der Waals surface area contributed by atoms with E-state index in [4.69, 9.17) is 9.47 Å². The van der Waals surface area contributed by atoms with E-state index in [2.05, 4.69) is 17.3 Å². The molecule has 0 unspecified atom stereocenters. The fourth-order valence-corrected chi connectivity index (χ4v) is 2.69. The van der Waals surface area contributed by atoms with Crippen LogP contribution in [0.5, 0.6) is 11.5 Å². The van der Waals surface area contributed by atoms with Gasteiger partial charge < -0.3 is 19.7 Å². The lowest BCUT2D eigenvalue weighted by Crippen LogP contribution is -2.36. The Morgan fingerprint density at radius 3 is 2.59 bits per heavy atom. The molecule has 2 aliphatic rings. The molecule has 1 aromatic carbocycles. The second-order valence-corrected chi connectivity index (χ2v) is 6.23. The fraction of sp³-hybridized carbons (Fsp3) is 0.588. The standard InChI is InChI=1S/C17H24N2O3/c1-19-9-7-13(8-10-19)22-16-11-14(21-2)5-6-15(16)17(20)18-12-3-4-12/h5-6,11-13H,3-4,7-10H2,1-2H3,(H,18,20). The molecule has 1 aliphatic heterocycles. The van der Waals surface area contributed by atoms with Gasteiger partial charge in [-0.25, -0.2) is 0 Å². The first-order valence-corrected chi connectivity index (χ1v) is 8.00. The number of carbonyl (C=O) groups is 1. The minimum Gasteiger partial charge on any atom is -0.497 e. The van der Waals surface area contributed by atoms with Gasteiger partial charge in [-0.05, 0) is 44.9 Å². The summed E-state index contributed by atoms with van der Waals surface area (Å²) >= 11 is 0. The maximum Gasteiger partial charge on any atom is 0.255 e. The molecular formula is C17H24N2O3. The minimum absolute atomic E-state index is 0.0481. The molecular weight excluding hydrogens is 280 g/mol. The van der Waals surface area contributed by atoms with Crippen molar-refractivity contribution in [1.29, 1.82) is 0 Å². The predicted molar refractivity (Wildman–Crippen MR) is 84.6 cm³/mol. The third kappa shape index (κ3) is 3.71. The van der Waals surface area contributed by atoms with Crippen molar-refractivity contribution in [1.82, 2.24) is 10.2 Å². The van der Waals surface area contributed by atoms with E-state index in [0.717, 1.165) is 38.8 Å². The average molecular weight is 304 g/mol. The second kappa shape index (κ2) is 6.57. The Labute approximate surface area is 131 Å². The summed E-state index contributed by atoms with van der Waals surface area (Å²) in [5.74, 6) is 1.30. The van der Waals surface area contributed by atoms with E-state index in [0.29, 0.717) is 23.1 Å². The molecule has 0 radical (unpaired) electrons. The van der Waals surface area contributed by atoms with Crippen molar-refractivity contribution >= 4 is 5.91 Å². The molecule has 0 aromatic heterocycles. The number of rotatable bonds is 5. The van der Waals surface area contributed by atoms with Crippen LogP contribution >= 0.6 is 0 Å². The molecule has 1 saturated heterocycles. The Morgan fingerprint density at radius 1 is 1.23 bits per heavy atom. The number of likely N-dealkylation sites (tertiary alicyclic amines) is 1. The van der Waals surface area contributed by atoms with Crippen LogP contribution in [-0.4, -0.2) is 50.2 Å². The molecule has 1 amide bonds. The summed E-state index contributed by atoms with van der Waals surface area (Å²) in [5, 5.41) is 3.02. The minimum atomic E-state index is -0.0481. The van der Waals surface area contributed by atoms with Crippen molar-refractivity contribution in [3.05, 3.63) is 23.8 Å². The Morgan fingerprint density at radius 2 is 1.95 bits per heavy atom. The Bertz CT molecular complexity index is 535. The number of amides is 1. The highest BCUT2D eigenvalue weighted by Gasteiger charge is 2.26. The van der Waals surface area contributed by atoms with Crippen molar-refractivity contribution in [2.75, 3.05) is 27.2 Å². The summed E-state index contributed by atoms with van der Waals surface area (Å²) in [7, 11) is 3.74. The van der Waals surface area contributed by atoms with Crippen LogP contribution in [0.15, 0.2) is 18.2 Å². The SMILES string of the molecule is COc1ccc(C(=O)NC2CC2)c(OC2CCN(C)CC2)c1. The number of nitrogens with one attached hydrogen (secondary N) is 1. The molecule has 1 heterocycles. The molecule has 0 atom stereocenters. The van der Waals surface area contributed by atoms with Crippen LogP contribution in [0.2, 0.25) is 0 Å². The van der Waals surface area contributed by atoms with Gasteiger partial charge in [0, 0.05) is 25.2 Å². The average Bonchev–Trinajstić information content (AvgIpc) is 3.33. The van der Waals surface area contributed by atoms with Gasteiger partial charge in [0.05, 0.1) is 12.7 Å². The van der Waals surface area contributed by atoms with E-state index in [9.17, 15) is 4.79 Å². The van der Waals surface area contributed by atoms with Crippen molar-refractivity contribution in [2.24, 2.45) is 0 Å².